The van der Waals surface area contributed by atoms with Crippen molar-refractivity contribution in [2.75, 3.05) is 0 Å². The van der Waals surface area contributed by atoms with E-state index >= 15 is 0 Å². The number of benzene rings is 1. The van der Waals surface area contributed by atoms with Crippen molar-refractivity contribution in [1.82, 2.24) is 9.47 Å². The average Bonchev–Trinajstić information content (AvgIpc) is 3.07. The predicted molar refractivity (Wildman–Crippen MR) is 97.2 cm³/mol. The molecule has 3 rings (SSSR count). The summed E-state index contributed by atoms with van der Waals surface area (Å²) in [7, 11) is 1.89. The number of thioether (sulfide) groups is 1. The van der Waals surface area contributed by atoms with Crippen molar-refractivity contribution >= 4 is 46.3 Å². The molecule has 5 nitrogen and oxygen atoms in total. The zero-order valence-corrected chi connectivity index (χ0v) is 14.4. The number of aryl methyl sites for hydroxylation is 1. The Morgan fingerprint density at radius 1 is 1.29 bits per heavy atom. The summed E-state index contributed by atoms with van der Waals surface area (Å²) in [6.07, 6.45) is 5.47. The molecule has 0 spiro atoms. The second-order valence-corrected chi connectivity index (χ2v) is 6.99. The maximum Gasteiger partial charge on any atom is 0.331 e. The molecule has 2 aromatic rings. The molecule has 1 saturated heterocycles. The Morgan fingerprint density at radius 3 is 2.58 bits per heavy atom. The highest BCUT2D eigenvalue weighted by Gasteiger charge is 2.41. The summed E-state index contributed by atoms with van der Waals surface area (Å²) in [4.78, 5) is 26.1. The fraction of sp³-hybridized carbons (Fsp3) is 0.118. The number of aromatic nitrogens is 1. The number of carboxylic acids is 1. The van der Waals surface area contributed by atoms with Crippen molar-refractivity contribution in [3.63, 3.8) is 0 Å². The van der Waals surface area contributed by atoms with Gasteiger partial charge < -0.3 is 9.67 Å². The van der Waals surface area contributed by atoms with Gasteiger partial charge in [-0.15, -0.1) is 0 Å². The standard InChI is InChI=1S/C17H14N2O3S2/c1-18-8-7-11(10-18)9-13-15(20)19(17(23)24-13)14(16(21)22)12-5-3-2-4-6-12/h2-10,14H,1H3,(H,21,22)/b13-9+/t14-/m1/s1. The number of rotatable bonds is 4. The molecule has 1 amide bonds. The molecule has 1 aliphatic heterocycles. The number of nitrogens with zero attached hydrogens (tertiary/aromatic N) is 2. The number of hydrogen-bond acceptors (Lipinski definition) is 4. The van der Waals surface area contributed by atoms with Crippen LogP contribution in [0.3, 0.4) is 0 Å². The Morgan fingerprint density at radius 2 is 2.00 bits per heavy atom. The fourth-order valence-corrected chi connectivity index (χ4v) is 3.81. The molecule has 0 radical (unpaired) electrons. The minimum Gasteiger partial charge on any atom is -0.479 e. The van der Waals surface area contributed by atoms with Gasteiger partial charge in [0.1, 0.15) is 4.32 Å². The lowest BCUT2D eigenvalue weighted by Gasteiger charge is -2.23. The van der Waals surface area contributed by atoms with Crippen LogP contribution in [-0.2, 0) is 16.6 Å². The SMILES string of the molecule is Cn1ccc(/C=C2/SC(=S)N([C@@H](C(=O)O)c3ccccc3)C2=O)c1. The highest BCUT2D eigenvalue weighted by molar-refractivity contribution is 8.26. The first kappa shape index (κ1) is 16.5. The van der Waals surface area contributed by atoms with Gasteiger partial charge in [-0.3, -0.25) is 9.69 Å². The van der Waals surface area contributed by atoms with Crippen LogP contribution in [0.4, 0.5) is 0 Å². The van der Waals surface area contributed by atoms with E-state index in [4.69, 9.17) is 12.2 Å². The molecule has 1 aromatic heterocycles. The first-order chi connectivity index (χ1) is 11.5. The molecule has 0 unspecified atom stereocenters. The van der Waals surface area contributed by atoms with Gasteiger partial charge in [-0.25, -0.2) is 4.79 Å². The summed E-state index contributed by atoms with van der Waals surface area (Å²) in [5.41, 5.74) is 1.38. The molecular formula is C17H14N2O3S2. The van der Waals surface area contributed by atoms with E-state index in [1.807, 2.05) is 30.1 Å². The van der Waals surface area contributed by atoms with E-state index in [1.165, 1.54) is 4.90 Å². The minimum atomic E-state index is -1.12. The van der Waals surface area contributed by atoms with Gasteiger partial charge in [0.25, 0.3) is 5.91 Å². The van der Waals surface area contributed by atoms with E-state index in [-0.39, 0.29) is 10.2 Å². The van der Waals surface area contributed by atoms with Gasteiger partial charge in [-0.2, -0.15) is 0 Å². The maximum absolute atomic E-state index is 12.7. The molecule has 122 valence electrons. The van der Waals surface area contributed by atoms with E-state index in [0.717, 1.165) is 17.3 Å². The van der Waals surface area contributed by atoms with E-state index in [2.05, 4.69) is 0 Å². The summed E-state index contributed by atoms with van der Waals surface area (Å²) in [5.74, 6) is -1.50. The number of carbonyl (C=O) groups excluding carboxylic acids is 1. The van der Waals surface area contributed by atoms with Crippen LogP contribution in [0.25, 0.3) is 6.08 Å². The van der Waals surface area contributed by atoms with E-state index in [1.54, 1.807) is 36.4 Å². The van der Waals surface area contributed by atoms with E-state index in [9.17, 15) is 14.7 Å². The first-order valence-corrected chi connectivity index (χ1v) is 8.36. The van der Waals surface area contributed by atoms with Crippen molar-refractivity contribution in [3.8, 4) is 0 Å². The van der Waals surface area contributed by atoms with Crippen LogP contribution >= 0.6 is 24.0 Å². The molecule has 1 atom stereocenters. The second kappa shape index (κ2) is 6.62. The Bertz CT molecular complexity index is 843. The largest absolute Gasteiger partial charge is 0.479 e. The molecule has 1 aliphatic rings. The molecule has 0 saturated carbocycles. The molecule has 2 heterocycles. The van der Waals surface area contributed by atoms with Crippen LogP contribution in [0, 0.1) is 0 Å². The van der Waals surface area contributed by atoms with Crippen molar-refractivity contribution in [1.29, 1.82) is 0 Å². The first-order valence-electron chi connectivity index (χ1n) is 7.14. The molecular weight excluding hydrogens is 344 g/mol. The van der Waals surface area contributed by atoms with Gasteiger partial charge in [0.2, 0.25) is 0 Å². The molecule has 0 aliphatic carbocycles. The number of hydrogen-bond donors (Lipinski definition) is 1. The number of aliphatic carboxylic acids is 1. The van der Waals surface area contributed by atoms with Crippen LogP contribution in [0.15, 0.2) is 53.7 Å². The molecule has 1 N–H and O–H groups in total. The molecule has 0 bridgehead atoms. The monoisotopic (exact) mass is 358 g/mol. The van der Waals surface area contributed by atoms with Crippen LogP contribution in [0.5, 0.6) is 0 Å². The Balaban J connectivity index is 1.96. The number of amides is 1. The molecule has 1 fully saturated rings. The van der Waals surface area contributed by atoms with E-state index in [0.29, 0.717) is 10.5 Å². The topological polar surface area (TPSA) is 62.5 Å². The summed E-state index contributed by atoms with van der Waals surface area (Å²) < 4.78 is 2.12. The fourth-order valence-electron chi connectivity index (χ4n) is 2.50. The highest BCUT2D eigenvalue weighted by atomic mass is 32.2. The van der Waals surface area contributed by atoms with Gasteiger partial charge in [0.05, 0.1) is 4.91 Å². The summed E-state index contributed by atoms with van der Waals surface area (Å²) in [5, 5.41) is 9.62. The zero-order chi connectivity index (χ0) is 17.3. The normalized spacial score (nSPS) is 17.5. The Kier molecular flexibility index (Phi) is 4.55. The van der Waals surface area contributed by atoms with Gasteiger partial charge in [-0.05, 0) is 23.3 Å². The zero-order valence-electron chi connectivity index (χ0n) is 12.7. The van der Waals surface area contributed by atoms with Crippen LogP contribution < -0.4 is 0 Å². The minimum absolute atomic E-state index is 0.249. The number of thiocarbonyl (C=S) groups is 1. The van der Waals surface area contributed by atoms with Crippen molar-refractivity contribution in [2.45, 2.75) is 6.04 Å². The lowest BCUT2D eigenvalue weighted by Crippen LogP contribution is -2.37. The second-order valence-electron chi connectivity index (χ2n) is 5.31. The van der Waals surface area contributed by atoms with Gasteiger partial charge in [0, 0.05) is 19.4 Å². The lowest BCUT2D eigenvalue weighted by molar-refractivity contribution is -0.145. The third kappa shape index (κ3) is 3.13. The third-order valence-corrected chi connectivity index (χ3v) is 4.91. The lowest BCUT2D eigenvalue weighted by atomic mass is 10.1. The maximum atomic E-state index is 12.7. The van der Waals surface area contributed by atoms with Gasteiger partial charge in [-0.1, -0.05) is 54.3 Å². The molecule has 1 aromatic carbocycles. The smallest absolute Gasteiger partial charge is 0.331 e. The average molecular weight is 358 g/mol. The Hall–Kier alpha value is -2.38. The Labute approximate surface area is 148 Å². The van der Waals surface area contributed by atoms with Crippen molar-refractivity contribution in [2.24, 2.45) is 7.05 Å². The summed E-state index contributed by atoms with van der Waals surface area (Å²) in [6, 6.07) is 9.38. The van der Waals surface area contributed by atoms with Crippen molar-refractivity contribution < 1.29 is 14.7 Å². The summed E-state index contributed by atoms with van der Waals surface area (Å²) >= 11 is 6.39. The quantitative estimate of drug-likeness (QED) is 0.672. The van der Waals surface area contributed by atoms with Gasteiger partial charge in [0.15, 0.2) is 6.04 Å². The van der Waals surface area contributed by atoms with E-state index < -0.39 is 12.0 Å². The molecule has 7 heteroatoms. The predicted octanol–water partition coefficient (Wildman–Crippen LogP) is 3.05. The molecule has 24 heavy (non-hydrogen) atoms. The van der Waals surface area contributed by atoms with Crippen LogP contribution in [-0.4, -0.2) is 30.8 Å². The van der Waals surface area contributed by atoms with Crippen LogP contribution in [0.1, 0.15) is 17.2 Å². The highest BCUT2D eigenvalue weighted by Crippen LogP contribution is 2.38. The third-order valence-electron chi connectivity index (χ3n) is 3.58. The number of carbonyl (C=O) groups is 2. The van der Waals surface area contributed by atoms with Crippen LogP contribution in [0.2, 0.25) is 0 Å². The number of carboxylic acid groups (broad SMARTS) is 1. The summed E-state index contributed by atoms with van der Waals surface area (Å²) in [6.45, 7) is 0. The van der Waals surface area contributed by atoms with Crippen molar-refractivity contribution in [3.05, 3.63) is 64.8 Å². The van der Waals surface area contributed by atoms with Gasteiger partial charge >= 0.3 is 5.97 Å².